The maximum absolute atomic E-state index is 12.9. The fourth-order valence-electron chi connectivity index (χ4n) is 2.96. The third kappa shape index (κ3) is 2.93. The average Bonchev–Trinajstić information content (AvgIpc) is 3.24. The molecule has 0 fully saturated rings. The predicted octanol–water partition coefficient (Wildman–Crippen LogP) is 4.52. The van der Waals surface area contributed by atoms with Crippen LogP contribution in [-0.2, 0) is 13.2 Å². The van der Waals surface area contributed by atoms with E-state index >= 15 is 0 Å². The van der Waals surface area contributed by atoms with Gasteiger partial charge in [0.2, 0.25) is 0 Å². The number of nitriles is 1. The lowest BCUT2D eigenvalue weighted by molar-refractivity contribution is -0.141. The molecule has 0 spiro atoms. The first-order valence-corrected chi connectivity index (χ1v) is 7.97. The van der Waals surface area contributed by atoms with Gasteiger partial charge in [-0.15, -0.1) is 0 Å². The summed E-state index contributed by atoms with van der Waals surface area (Å²) in [6, 6.07) is 15.4. The average molecular weight is 367 g/mol. The van der Waals surface area contributed by atoms with Gasteiger partial charge in [0.15, 0.2) is 5.69 Å². The smallest absolute Gasteiger partial charge is 0.353 e. The van der Waals surface area contributed by atoms with E-state index < -0.39 is 11.9 Å². The van der Waals surface area contributed by atoms with E-state index in [1.807, 2.05) is 12.1 Å². The molecule has 0 radical (unpaired) electrons. The van der Waals surface area contributed by atoms with Crippen LogP contribution in [0.1, 0.15) is 11.3 Å². The maximum atomic E-state index is 12.9. The fourth-order valence-corrected chi connectivity index (χ4v) is 2.96. The Labute approximate surface area is 151 Å². The Balaban J connectivity index is 1.81. The van der Waals surface area contributed by atoms with Gasteiger partial charge < -0.3 is 4.98 Å². The number of nitrogens with zero attached hydrogens (tertiary/aromatic N) is 4. The molecule has 4 rings (SSSR count). The van der Waals surface area contributed by atoms with Gasteiger partial charge in [0.25, 0.3) is 0 Å². The van der Waals surface area contributed by atoms with Crippen molar-refractivity contribution in [3.05, 3.63) is 59.8 Å². The van der Waals surface area contributed by atoms with Crippen LogP contribution in [0.25, 0.3) is 33.7 Å². The Morgan fingerprint density at radius 3 is 2.59 bits per heavy atom. The van der Waals surface area contributed by atoms with E-state index in [0.717, 1.165) is 21.8 Å². The third-order valence-electron chi connectivity index (χ3n) is 4.25. The number of nitrogens with one attached hydrogen (secondary N) is 1. The lowest BCUT2D eigenvalue weighted by Crippen LogP contribution is -2.06. The molecule has 3 heterocycles. The molecule has 4 aromatic rings. The van der Waals surface area contributed by atoms with Crippen LogP contribution in [0.15, 0.2) is 48.5 Å². The molecule has 5 nitrogen and oxygen atoms in total. The SMILES string of the molecule is Cn1nc(C(F)(F)F)cc1-c1ccc2[nH]c(-c3ccccc3C#N)cc2n1. The zero-order chi connectivity index (χ0) is 19.2. The van der Waals surface area contributed by atoms with Crippen LogP contribution >= 0.6 is 0 Å². The number of rotatable bonds is 2. The van der Waals surface area contributed by atoms with E-state index in [0.29, 0.717) is 22.5 Å². The molecular weight excluding hydrogens is 355 g/mol. The van der Waals surface area contributed by atoms with Gasteiger partial charge in [-0.05, 0) is 30.3 Å². The third-order valence-corrected chi connectivity index (χ3v) is 4.25. The molecule has 0 aliphatic heterocycles. The van der Waals surface area contributed by atoms with Gasteiger partial charge >= 0.3 is 6.18 Å². The molecule has 8 heteroatoms. The number of hydrogen-bond donors (Lipinski definition) is 1. The first-order chi connectivity index (χ1) is 12.9. The van der Waals surface area contributed by atoms with Crippen molar-refractivity contribution in [2.24, 2.45) is 7.05 Å². The molecule has 0 amide bonds. The number of aromatic amines is 1. The Morgan fingerprint density at radius 1 is 1.11 bits per heavy atom. The van der Waals surface area contributed by atoms with Gasteiger partial charge in [-0.2, -0.15) is 23.5 Å². The summed E-state index contributed by atoms with van der Waals surface area (Å²) in [6.07, 6.45) is -4.51. The van der Waals surface area contributed by atoms with Gasteiger partial charge in [-0.1, -0.05) is 18.2 Å². The summed E-state index contributed by atoms with van der Waals surface area (Å²) in [4.78, 5) is 7.65. The summed E-state index contributed by atoms with van der Waals surface area (Å²) in [6.45, 7) is 0. The van der Waals surface area contributed by atoms with Gasteiger partial charge in [0, 0.05) is 18.3 Å². The van der Waals surface area contributed by atoms with Gasteiger partial charge in [-0.3, -0.25) is 4.68 Å². The zero-order valence-corrected chi connectivity index (χ0v) is 14.0. The largest absolute Gasteiger partial charge is 0.435 e. The molecule has 0 aliphatic carbocycles. The van der Waals surface area contributed by atoms with E-state index in [1.54, 1.807) is 30.3 Å². The molecule has 0 aliphatic rings. The number of H-pyrrole nitrogens is 1. The molecule has 1 aromatic carbocycles. The highest BCUT2D eigenvalue weighted by Gasteiger charge is 2.34. The molecule has 134 valence electrons. The highest BCUT2D eigenvalue weighted by atomic mass is 19.4. The summed E-state index contributed by atoms with van der Waals surface area (Å²) in [5.41, 5.74) is 2.97. The van der Waals surface area contributed by atoms with Crippen molar-refractivity contribution in [2.45, 2.75) is 6.18 Å². The maximum Gasteiger partial charge on any atom is 0.435 e. The Kier molecular flexibility index (Phi) is 3.73. The molecule has 27 heavy (non-hydrogen) atoms. The van der Waals surface area contributed by atoms with Crippen molar-refractivity contribution in [1.29, 1.82) is 5.26 Å². The topological polar surface area (TPSA) is 70.3 Å². The van der Waals surface area contributed by atoms with Crippen LogP contribution in [0, 0.1) is 11.3 Å². The van der Waals surface area contributed by atoms with E-state index in [1.165, 1.54) is 7.05 Å². The minimum atomic E-state index is -4.51. The van der Waals surface area contributed by atoms with E-state index in [4.69, 9.17) is 0 Å². The summed E-state index contributed by atoms with van der Waals surface area (Å²) < 4.78 is 39.8. The monoisotopic (exact) mass is 367 g/mol. The second-order valence-electron chi connectivity index (χ2n) is 6.01. The van der Waals surface area contributed by atoms with Crippen LogP contribution < -0.4 is 0 Å². The van der Waals surface area contributed by atoms with Crippen molar-refractivity contribution in [1.82, 2.24) is 19.7 Å². The Morgan fingerprint density at radius 2 is 1.89 bits per heavy atom. The molecule has 3 aromatic heterocycles. The number of halogens is 3. The van der Waals surface area contributed by atoms with Crippen molar-refractivity contribution in [3.8, 4) is 28.7 Å². The highest BCUT2D eigenvalue weighted by molar-refractivity contribution is 5.85. The summed E-state index contributed by atoms with van der Waals surface area (Å²) in [7, 11) is 1.45. The van der Waals surface area contributed by atoms with Crippen LogP contribution in [0.3, 0.4) is 0 Å². The normalized spacial score (nSPS) is 11.7. The molecule has 0 saturated carbocycles. The van der Waals surface area contributed by atoms with E-state index in [9.17, 15) is 18.4 Å². The lowest BCUT2D eigenvalue weighted by atomic mass is 10.1. The van der Waals surface area contributed by atoms with Crippen molar-refractivity contribution in [2.75, 3.05) is 0 Å². The van der Waals surface area contributed by atoms with Crippen molar-refractivity contribution < 1.29 is 13.2 Å². The van der Waals surface area contributed by atoms with Crippen LogP contribution in [0.2, 0.25) is 0 Å². The number of alkyl halides is 3. The lowest BCUT2D eigenvalue weighted by Gasteiger charge is -2.00. The zero-order valence-electron chi connectivity index (χ0n) is 14.0. The molecule has 0 atom stereocenters. The molecule has 0 bridgehead atoms. The second kappa shape index (κ2) is 5.99. The Hall–Kier alpha value is -3.60. The van der Waals surface area contributed by atoms with Crippen molar-refractivity contribution in [3.63, 3.8) is 0 Å². The molecule has 1 N–H and O–H groups in total. The second-order valence-corrected chi connectivity index (χ2v) is 6.01. The van der Waals surface area contributed by atoms with Crippen LogP contribution in [0.5, 0.6) is 0 Å². The minimum absolute atomic E-state index is 0.268. The first kappa shape index (κ1) is 16.8. The Bertz CT molecular complexity index is 1190. The minimum Gasteiger partial charge on any atom is -0.353 e. The highest BCUT2D eigenvalue weighted by Crippen LogP contribution is 2.32. The summed E-state index contributed by atoms with van der Waals surface area (Å²) >= 11 is 0. The van der Waals surface area contributed by atoms with Crippen LogP contribution in [-0.4, -0.2) is 19.7 Å². The number of fused-ring (bicyclic) bond motifs is 1. The quantitative estimate of drug-likeness (QED) is 0.566. The first-order valence-electron chi connectivity index (χ1n) is 7.97. The van der Waals surface area contributed by atoms with Gasteiger partial charge in [0.05, 0.1) is 34.1 Å². The molecule has 0 saturated heterocycles. The number of benzene rings is 1. The predicted molar refractivity (Wildman–Crippen MR) is 93.4 cm³/mol. The van der Waals surface area contributed by atoms with Gasteiger partial charge in [0.1, 0.15) is 0 Å². The van der Waals surface area contributed by atoms with Crippen molar-refractivity contribution >= 4 is 11.0 Å². The standard InChI is InChI=1S/C19H12F3N5/c1-27-17(9-18(26-27)19(20,21)22)14-7-6-13-16(25-14)8-15(24-13)12-5-3-2-4-11(12)10-23/h2-9,24H,1H3. The summed E-state index contributed by atoms with van der Waals surface area (Å²) in [5.74, 6) is 0. The fraction of sp³-hybridized carbons (Fsp3) is 0.105. The summed E-state index contributed by atoms with van der Waals surface area (Å²) in [5, 5.41) is 12.8. The number of aryl methyl sites for hydroxylation is 1. The van der Waals surface area contributed by atoms with Crippen LogP contribution in [0.4, 0.5) is 13.2 Å². The van der Waals surface area contributed by atoms with E-state index in [-0.39, 0.29) is 5.69 Å². The number of pyridine rings is 1. The number of hydrogen-bond acceptors (Lipinski definition) is 3. The molecule has 0 unspecified atom stereocenters. The van der Waals surface area contributed by atoms with E-state index in [2.05, 4.69) is 21.1 Å². The van der Waals surface area contributed by atoms with Gasteiger partial charge in [-0.25, -0.2) is 4.98 Å². The number of aromatic nitrogens is 4. The molecular formula is C19H12F3N5.